The zero-order valence-corrected chi connectivity index (χ0v) is 8.91. The van der Waals surface area contributed by atoms with Gasteiger partial charge in [0, 0.05) is 0 Å². The summed E-state index contributed by atoms with van der Waals surface area (Å²) in [7, 11) is 0. The van der Waals surface area contributed by atoms with Gasteiger partial charge in [-0.3, -0.25) is 0 Å². The molecular formula is C11H7F5N2. The predicted molar refractivity (Wildman–Crippen MR) is 52.7 cm³/mol. The molecule has 0 amide bonds. The third kappa shape index (κ3) is 1.88. The number of hydrogen-bond donors (Lipinski definition) is 1. The van der Waals surface area contributed by atoms with Crippen LogP contribution in [0.3, 0.4) is 0 Å². The van der Waals surface area contributed by atoms with Crippen molar-refractivity contribution in [1.29, 1.82) is 5.26 Å². The third-order valence-corrected chi connectivity index (χ3v) is 2.87. The molecule has 0 saturated heterocycles. The first kappa shape index (κ1) is 12.6. The molecule has 0 atom stereocenters. The van der Waals surface area contributed by atoms with Crippen LogP contribution in [0.1, 0.15) is 18.4 Å². The van der Waals surface area contributed by atoms with E-state index in [-0.39, 0.29) is 12.8 Å². The zero-order chi connectivity index (χ0) is 13.6. The molecule has 0 aromatic heterocycles. The fraction of sp³-hybridized carbons (Fsp3) is 0.364. The fourth-order valence-corrected chi connectivity index (χ4v) is 1.59. The Labute approximate surface area is 99.0 Å². The molecule has 1 aromatic carbocycles. The van der Waals surface area contributed by atoms with E-state index in [1.807, 2.05) is 5.32 Å². The van der Waals surface area contributed by atoms with Crippen LogP contribution in [-0.2, 0) is 0 Å². The molecule has 1 aliphatic rings. The molecule has 1 saturated carbocycles. The van der Waals surface area contributed by atoms with Crippen molar-refractivity contribution in [2.24, 2.45) is 0 Å². The highest BCUT2D eigenvalue weighted by Gasteiger charge is 2.63. The Kier molecular flexibility index (Phi) is 2.69. The number of anilines is 1. The molecule has 1 aromatic rings. The van der Waals surface area contributed by atoms with Gasteiger partial charge in [0.05, 0.1) is 11.3 Å². The Balaban J connectivity index is 2.33. The molecule has 0 radical (unpaired) electrons. The number of alkyl halides is 3. The zero-order valence-electron chi connectivity index (χ0n) is 8.91. The number of rotatable bonds is 2. The summed E-state index contributed by atoms with van der Waals surface area (Å²) in [5.41, 5.74) is -3.30. The second-order valence-electron chi connectivity index (χ2n) is 4.11. The van der Waals surface area contributed by atoms with Gasteiger partial charge in [0.25, 0.3) is 0 Å². The van der Waals surface area contributed by atoms with Gasteiger partial charge >= 0.3 is 6.18 Å². The minimum Gasteiger partial charge on any atom is -0.369 e. The predicted octanol–water partition coefficient (Wildman–Crippen LogP) is 3.34. The molecule has 1 N–H and O–H groups in total. The molecule has 0 heterocycles. The van der Waals surface area contributed by atoms with E-state index in [2.05, 4.69) is 0 Å². The van der Waals surface area contributed by atoms with Crippen molar-refractivity contribution in [3.63, 3.8) is 0 Å². The van der Waals surface area contributed by atoms with E-state index in [0.29, 0.717) is 0 Å². The van der Waals surface area contributed by atoms with Crippen LogP contribution in [0.4, 0.5) is 27.6 Å². The summed E-state index contributed by atoms with van der Waals surface area (Å²) in [6, 6.07) is 3.28. The van der Waals surface area contributed by atoms with Crippen LogP contribution in [-0.4, -0.2) is 11.7 Å². The van der Waals surface area contributed by atoms with Gasteiger partial charge in [0.15, 0.2) is 11.6 Å². The molecule has 7 heteroatoms. The summed E-state index contributed by atoms with van der Waals surface area (Å²) in [6.07, 6.45) is -4.89. The quantitative estimate of drug-likeness (QED) is 0.830. The molecule has 96 valence electrons. The minimum absolute atomic E-state index is 0.183. The second-order valence-corrected chi connectivity index (χ2v) is 4.11. The number of benzene rings is 1. The maximum absolute atomic E-state index is 13.4. The van der Waals surface area contributed by atoms with Crippen molar-refractivity contribution in [1.82, 2.24) is 0 Å². The molecule has 0 spiro atoms. The Morgan fingerprint density at radius 1 is 1.17 bits per heavy atom. The Bertz CT molecular complexity index is 525. The molecule has 18 heavy (non-hydrogen) atoms. The largest absolute Gasteiger partial charge is 0.411 e. The molecule has 2 nitrogen and oxygen atoms in total. The van der Waals surface area contributed by atoms with Crippen LogP contribution in [0.25, 0.3) is 0 Å². The number of nitrogens with one attached hydrogen (secondary N) is 1. The Hall–Kier alpha value is -1.84. The average Bonchev–Trinajstić information content (AvgIpc) is 3.06. The summed E-state index contributed by atoms with van der Waals surface area (Å²) in [5.74, 6) is -2.91. The van der Waals surface area contributed by atoms with Crippen LogP contribution in [0.5, 0.6) is 0 Å². The van der Waals surface area contributed by atoms with Crippen LogP contribution in [0.15, 0.2) is 12.1 Å². The van der Waals surface area contributed by atoms with Gasteiger partial charge in [0.1, 0.15) is 11.6 Å². The van der Waals surface area contributed by atoms with Crippen molar-refractivity contribution in [2.45, 2.75) is 24.6 Å². The lowest BCUT2D eigenvalue weighted by atomic mass is 10.1. The van der Waals surface area contributed by atoms with E-state index >= 15 is 0 Å². The average molecular weight is 262 g/mol. The van der Waals surface area contributed by atoms with Gasteiger partial charge in [-0.1, -0.05) is 0 Å². The van der Waals surface area contributed by atoms with Crippen molar-refractivity contribution >= 4 is 5.69 Å². The van der Waals surface area contributed by atoms with E-state index < -0.39 is 34.6 Å². The van der Waals surface area contributed by atoms with Gasteiger partial charge < -0.3 is 5.32 Å². The second kappa shape index (κ2) is 3.83. The minimum atomic E-state index is -4.52. The standard InChI is InChI=1S/C11H7F5N2/c12-8-6(5-17)1-2-7(9(8)13)18-10(3-4-10)11(14,15)16/h1-2,18H,3-4H2. The summed E-state index contributed by atoms with van der Waals surface area (Å²) in [4.78, 5) is 0. The van der Waals surface area contributed by atoms with Crippen LogP contribution in [0.2, 0.25) is 0 Å². The first-order chi connectivity index (χ1) is 8.31. The number of halogens is 5. The molecule has 1 aliphatic carbocycles. The monoisotopic (exact) mass is 262 g/mol. The lowest BCUT2D eigenvalue weighted by Gasteiger charge is -2.22. The van der Waals surface area contributed by atoms with E-state index in [1.54, 1.807) is 0 Å². The Morgan fingerprint density at radius 3 is 2.22 bits per heavy atom. The Morgan fingerprint density at radius 2 is 1.78 bits per heavy atom. The first-order valence-corrected chi connectivity index (χ1v) is 5.04. The van der Waals surface area contributed by atoms with E-state index in [1.165, 1.54) is 6.07 Å². The molecule has 1 fully saturated rings. The van der Waals surface area contributed by atoms with Crippen LogP contribution < -0.4 is 5.32 Å². The van der Waals surface area contributed by atoms with E-state index in [0.717, 1.165) is 12.1 Å². The number of hydrogen-bond acceptors (Lipinski definition) is 2. The maximum atomic E-state index is 13.4. The van der Waals surface area contributed by atoms with Gasteiger partial charge in [-0.15, -0.1) is 0 Å². The fourth-order valence-electron chi connectivity index (χ4n) is 1.59. The molecule has 2 rings (SSSR count). The normalized spacial score (nSPS) is 17.1. The van der Waals surface area contributed by atoms with Crippen molar-refractivity contribution in [3.8, 4) is 6.07 Å². The lowest BCUT2D eigenvalue weighted by Crippen LogP contribution is -2.39. The maximum Gasteiger partial charge on any atom is 0.411 e. The third-order valence-electron chi connectivity index (χ3n) is 2.87. The number of nitrogens with zero attached hydrogens (tertiary/aromatic N) is 1. The van der Waals surface area contributed by atoms with Gasteiger partial charge in [0.2, 0.25) is 0 Å². The summed E-state index contributed by atoms with van der Waals surface area (Å²) >= 11 is 0. The van der Waals surface area contributed by atoms with Gasteiger partial charge in [-0.25, -0.2) is 8.78 Å². The molecule has 0 bridgehead atoms. The molecule has 0 aliphatic heterocycles. The smallest absolute Gasteiger partial charge is 0.369 e. The molecule has 0 unspecified atom stereocenters. The van der Waals surface area contributed by atoms with Crippen molar-refractivity contribution in [3.05, 3.63) is 29.3 Å². The topological polar surface area (TPSA) is 35.8 Å². The van der Waals surface area contributed by atoms with E-state index in [9.17, 15) is 22.0 Å². The van der Waals surface area contributed by atoms with Crippen molar-refractivity contribution < 1.29 is 22.0 Å². The van der Waals surface area contributed by atoms with Crippen LogP contribution >= 0.6 is 0 Å². The highest BCUT2D eigenvalue weighted by atomic mass is 19.4. The summed E-state index contributed by atoms with van der Waals surface area (Å²) < 4.78 is 64.6. The number of nitriles is 1. The highest BCUT2D eigenvalue weighted by Crippen LogP contribution is 2.51. The highest BCUT2D eigenvalue weighted by molar-refractivity contribution is 5.53. The first-order valence-electron chi connectivity index (χ1n) is 5.04. The van der Waals surface area contributed by atoms with E-state index in [4.69, 9.17) is 5.26 Å². The van der Waals surface area contributed by atoms with Gasteiger partial charge in [-0.05, 0) is 25.0 Å². The van der Waals surface area contributed by atoms with Gasteiger partial charge in [-0.2, -0.15) is 18.4 Å². The van der Waals surface area contributed by atoms with Crippen LogP contribution in [0, 0.1) is 23.0 Å². The molecular weight excluding hydrogens is 255 g/mol. The summed E-state index contributed by atoms with van der Waals surface area (Å²) in [6.45, 7) is 0. The lowest BCUT2D eigenvalue weighted by molar-refractivity contribution is -0.151. The van der Waals surface area contributed by atoms with Crippen molar-refractivity contribution in [2.75, 3.05) is 5.32 Å². The summed E-state index contributed by atoms with van der Waals surface area (Å²) in [5, 5.41) is 10.4. The SMILES string of the molecule is N#Cc1ccc(NC2(C(F)(F)F)CC2)c(F)c1F.